The first-order valence-electron chi connectivity index (χ1n) is 11.5. The van der Waals surface area contributed by atoms with Crippen LogP contribution in [0.1, 0.15) is 51.3 Å². The minimum Gasteiger partial charge on any atom is -0.490 e. The fourth-order valence-electron chi connectivity index (χ4n) is 3.93. The number of rotatable bonds is 7. The molecule has 0 unspecified atom stereocenters. The lowest BCUT2D eigenvalue weighted by Gasteiger charge is -2.25. The summed E-state index contributed by atoms with van der Waals surface area (Å²) in [5.41, 5.74) is 1.99. The van der Waals surface area contributed by atoms with Crippen LogP contribution in [-0.2, 0) is 9.53 Å². The molecule has 0 amide bonds. The zero-order chi connectivity index (χ0) is 25.1. The van der Waals surface area contributed by atoms with Gasteiger partial charge < -0.3 is 9.47 Å². The van der Waals surface area contributed by atoms with E-state index in [1.54, 1.807) is 19.9 Å². The van der Waals surface area contributed by atoms with E-state index in [2.05, 4.69) is 11.9 Å². The number of para-hydroxylation sites is 1. The summed E-state index contributed by atoms with van der Waals surface area (Å²) in [6.07, 6.45) is 2.72. The minimum absolute atomic E-state index is 0.0424. The molecule has 1 aliphatic rings. The molecule has 1 aromatic heterocycles. The summed E-state index contributed by atoms with van der Waals surface area (Å²) in [6.45, 7) is 7.77. The molecule has 0 saturated carbocycles. The topological polar surface area (TPSA) is 69.9 Å². The van der Waals surface area contributed by atoms with Crippen LogP contribution in [0.25, 0.3) is 6.08 Å². The van der Waals surface area contributed by atoms with E-state index in [-0.39, 0.29) is 18.3 Å². The number of carbonyl (C=O) groups excluding carboxylic acids is 1. The molecule has 2 atom stereocenters. The molecule has 3 aromatic rings. The lowest BCUT2D eigenvalue weighted by atomic mass is 9.96. The van der Waals surface area contributed by atoms with Crippen LogP contribution in [-0.4, -0.2) is 23.2 Å². The first-order valence-corrected chi connectivity index (χ1v) is 12.7. The van der Waals surface area contributed by atoms with Gasteiger partial charge in [-0.05, 0) is 51.0 Å². The Morgan fingerprint density at radius 2 is 1.91 bits per heavy atom. The summed E-state index contributed by atoms with van der Waals surface area (Å²) in [5.74, 6) is 0.194. The van der Waals surface area contributed by atoms with Gasteiger partial charge >= 0.3 is 5.97 Å². The molecule has 1 aliphatic heterocycles. The number of esters is 1. The Hall–Kier alpha value is -3.16. The van der Waals surface area contributed by atoms with Gasteiger partial charge in [-0.2, -0.15) is 0 Å². The van der Waals surface area contributed by atoms with Crippen LogP contribution in [0.15, 0.2) is 69.6 Å². The molecule has 0 bridgehead atoms. The van der Waals surface area contributed by atoms with Crippen LogP contribution < -0.4 is 19.6 Å². The number of aromatic nitrogens is 1. The summed E-state index contributed by atoms with van der Waals surface area (Å²) in [5, 5.41) is 0.455. The maximum absolute atomic E-state index is 13.8. The standard InChI is InChI=1S/C27H27ClN2O4S/c1-5-16(3)34-21-14-10-7-11-18(21)15-22-25(31)30-24(19-12-8-9-13-20(19)28)23(26(32)33-6-2)17(4)29-27(30)35-22/h7-16,24H,5-6H2,1-4H3/b22-15-/t16-,24+/m0/s1. The maximum atomic E-state index is 13.8. The fraction of sp³-hybridized carbons (Fsp3) is 0.296. The largest absolute Gasteiger partial charge is 0.490 e. The molecule has 8 heteroatoms. The third-order valence-electron chi connectivity index (χ3n) is 5.83. The molecule has 4 rings (SSSR count). The molecule has 6 nitrogen and oxygen atoms in total. The van der Waals surface area contributed by atoms with E-state index >= 15 is 0 Å². The number of benzene rings is 2. The highest BCUT2D eigenvalue weighted by Gasteiger charge is 2.34. The highest BCUT2D eigenvalue weighted by atomic mass is 35.5. The van der Waals surface area contributed by atoms with Crippen LogP contribution in [0.2, 0.25) is 5.02 Å². The molecule has 182 valence electrons. The fourth-order valence-corrected chi connectivity index (χ4v) is 5.21. The van der Waals surface area contributed by atoms with Crippen molar-refractivity contribution < 1.29 is 14.3 Å². The van der Waals surface area contributed by atoms with Gasteiger partial charge in [-0.1, -0.05) is 66.3 Å². The Bertz CT molecular complexity index is 1470. The number of carbonyl (C=O) groups is 1. The van der Waals surface area contributed by atoms with E-state index in [1.807, 2.05) is 55.5 Å². The molecular weight excluding hydrogens is 484 g/mol. The van der Waals surface area contributed by atoms with Crippen molar-refractivity contribution in [2.75, 3.05) is 6.61 Å². The second-order valence-electron chi connectivity index (χ2n) is 8.20. The van der Waals surface area contributed by atoms with Crippen molar-refractivity contribution in [2.24, 2.45) is 4.99 Å². The average molecular weight is 511 g/mol. The molecule has 35 heavy (non-hydrogen) atoms. The van der Waals surface area contributed by atoms with Gasteiger partial charge in [0.25, 0.3) is 5.56 Å². The monoisotopic (exact) mass is 510 g/mol. The van der Waals surface area contributed by atoms with E-state index in [0.717, 1.165) is 12.0 Å². The number of hydrogen-bond acceptors (Lipinski definition) is 6. The number of nitrogens with zero attached hydrogens (tertiary/aromatic N) is 2. The van der Waals surface area contributed by atoms with Crippen molar-refractivity contribution in [3.05, 3.63) is 95.6 Å². The van der Waals surface area contributed by atoms with E-state index in [1.165, 1.54) is 15.9 Å². The Morgan fingerprint density at radius 3 is 2.63 bits per heavy atom. The molecule has 0 aliphatic carbocycles. The second-order valence-corrected chi connectivity index (χ2v) is 9.61. The molecule has 2 heterocycles. The molecule has 0 saturated heterocycles. The SMILES string of the molecule is CCOC(=O)C1=C(C)N=c2s/c(=C\c3ccccc3O[C@@H](C)CC)c(=O)n2[C@@H]1c1ccccc1Cl. The first kappa shape index (κ1) is 24.9. The smallest absolute Gasteiger partial charge is 0.338 e. The summed E-state index contributed by atoms with van der Waals surface area (Å²) in [7, 11) is 0. The molecule has 2 aromatic carbocycles. The van der Waals surface area contributed by atoms with Crippen molar-refractivity contribution in [3.8, 4) is 5.75 Å². The quantitative estimate of drug-likeness (QED) is 0.434. The summed E-state index contributed by atoms with van der Waals surface area (Å²) >= 11 is 7.82. The van der Waals surface area contributed by atoms with E-state index in [4.69, 9.17) is 21.1 Å². The Labute approximate surface area is 212 Å². The molecule has 0 spiro atoms. The van der Waals surface area contributed by atoms with Crippen LogP contribution in [0.4, 0.5) is 0 Å². The molecule has 0 fully saturated rings. The molecular formula is C27H27ClN2O4S. The van der Waals surface area contributed by atoms with Gasteiger partial charge in [0.2, 0.25) is 0 Å². The third kappa shape index (κ3) is 4.97. The van der Waals surface area contributed by atoms with Crippen molar-refractivity contribution in [2.45, 2.75) is 46.3 Å². The second kappa shape index (κ2) is 10.6. The van der Waals surface area contributed by atoms with Gasteiger partial charge in [0.15, 0.2) is 4.80 Å². The van der Waals surface area contributed by atoms with Crippen molar-refractivity contribution in [1.82, 2.24) is 4.57 Å². The molecule has 0 radical (unpaired) electrons. The summed E-state index contributed by atoms with van der Waals surface area (Å²) in [4.78, 5) is 31.8. The number of halogens is 1. The Morgan fingerprint density at radius 1 is 1.20 bits per heavy atom. The predicted octanol–water partition coefficient (Wildman–Crippen LogP) is 4.63. The third-order valence-corrected chi connectivity index (χ3v) is 7.15. The lowest BCUT2D eigenvalue weighted by Crippen LogP contribution is -2.40. The Balaban J connectivity index is 1.93. The Kier molecular flexibility index (Phi) is 7.57. The number of fused-ring (bicyclic) bond motifs is 1. The van der Waals surface area contributed by atoms with Gasteiger partial charge in [0.05, 0.1) is 28.5 Å². The minimum atomic E-state index is -0.743. The van der Waals surface area contributed by atoms with E-state index in [0.29, 0.717) is 36.9 Å². The number of hydrogen-bond donors (Lipinski definition) is 0. The van der Waals surface area contributed by atoms with Crippen molar-refractivity contribution >= 4 is 35.0 Å². The van der Waals surface area contributed by atoms with Crippen LogP contribution in [0, 0.1) is 0 Å². The van der Waals surface area contributed by atoms with Crippen LogP contribution in [0.3, 0.4) is 0 Å². The van der Waals surface area contributed by atoms with Crippen LogP contribution in [0.5, 0.6) is 5.75 Å². The van der Waals surface area contributed by atoms with Gasteiger partial charge in [0.1, 0.15) is 11.8 Å². The maximum Gasteiger partial charge on any atom is 0.338 e. The first-order chi connectivity index (χ1) is 16.8. The van der Waals surface area contributed by atoms with Crippen molar-refractivity contribution in [3.63, 3.8) is 0 Å². The van der Waals surface area contributed by atoms with Gasteiger partial charge in [-0.25, -0.2) is 9.79 Å². The van der Waals surface area contributed by atoms with Crippen molar-refractivity contribution in [1.29, 1.82) is 0 Å². The van der Waals surface area contributed by atoms with Gasteiger partial charge in [0, 0.05) is 10.6 Å². The predicted molar refractivity (Wildman–Crippen MR) is 139 cm³/mol. The van der Waals surface area contributed by atoms with Crippen LogP contribution >= 0.6 is 22.9 Å². The molecule has 0 N–H and O–H groups in total. The average Bonchev–Trinajstić information content (AvgIpc) is 3.14. The normalized spacial score (nSPS) is 16.5. The summed E-state index contributed by atoms with van der Waals surface area (Å²) < 4.78 is 13.4. The summed E-state index contributed by atoms with van der Waals surface area (Å²) in [6, 6.07) is 14.1. The number of ether oxygens (including phenoxy) is 2. The highest BCUT2D eigenvalue weighted by molar-refractivity contribution is 7.07. The number of allylic oxidation sites excluding steroid dienone is 1. The number of thiazole rings is 1. The highest BCUT2D eigenvalue weighted by Crippen LogP contribution is 2.34. The lowest BCUT2D eigenvalue weighted by molar-refractivity contribution is -0.139. The van der Waals surface area contributed by atoms with Gasteiger partial charge in [-0.15, -0.1) is 0 Å². The van der Waals surface area contributed by atoms with E-state index in [9.17, 15) is 9.59 Å². The van der Waals surface area contributed by atoms with E-state index < -0.39 is 12.0 Å². The zero-order valence-corrected chi connectivity index (χ0v) is 21.7. The zero-order valence-electron chi connectivity index (χ0n) is 20.1. The van der Waals surface area contributed by atoms with Gasteiger partial charge in [-0.3, -0.25) is 9.36 Å².